The van der Waals surface area contributed by atoms with Crippen LogP contribution in [0.15, 0.2) is 60.9 Å². The Morgan fingerprint density at radius 3 is 2.38 bits per heavy atom. The van der Waals surface area contributed by atoms with Gasteiger partial charge in [0, 0.05) is 11.8 Å². The smallest absolute Gasteiger partial charge is 0.135 e. The van der Waals surface area contributed by atoms with E-state index in [9.17, 15) is 0 Å². The van der Waals surface area contributed by atoms with Crippen molar-refractivity contribution in [3.63, 3.8) is 0 Å². The number of rotatable bonds is 5. The SMILES string of the molecule is COc1ccc(Nc2cc(Nc3ccccc3C#N)ncn2)cc1. The van der Waals surface area contributed by atoms with Crippen LogP contribution in [0.4, 0.5) is 23.0 Å². The van der Waals surface area contributed by atoms with E-state index in [1.165, 1.54) is 6.33 Å². The van der Waals surface area contributed by atoms with Crippen LogP contribution in [0.5, 0.6) is 5.75 Å². The normalized spacial score (nSPS) is 9.83. The molecule has 0 radical (unpaired) electrons. The number of ether oxygens (including phenoxy) is 1. The molecule has 3 rings (SSSR count). The Balaban J connectivity index is 1.77. The molecule has 0 bridgehead atoms. The van der Waals surface area contributed by atoms with E-state index in [4.69, 9.17) is 10.00 Å². The zero-order valence-corrected chi connectivity index (χ0v) is 13.0. The van der Waals surface area contributed by atoms with E-state index in [2.05, 4.69) is 26.7 Å². The van der Waals surface area contributed by atoms with Gasteiger partial charge in [-0.1, -0.05) is 12.1 Å². The second-order valence-corrected chi connectivity index (χ2v) is 4.92. The first-order valence-corrected chi connectivity index (χ1v) is 7.28. The third-order valence-corrected chi connectivity index (χ3v) is 3.34. The number of nitriles is 1. The van der Waals surface area contributed by atoms with E-state index in [1.54, 1.807) is 19.2 Å². The van der Waals surface area contributed by atoms with Crippen molar-refractivity contribution in [3.05, 3.63) is 66.5 Å². The minimum atomic E-state index is 0.556. The van der Waals surface area contributed by atoms with Gasteiger partial charge in [-0.3, -0.25) is 0 Å². The molecular weight excluding hydrogens is 302 g/mol. The summed E-state index contributed by atoms with van der Waals surface area (Å²) >= 11 is 0. The molecule has 6 heteroatoms. The average molecular weight is 317 g/mol. The van der Waals surface area contributed by atoms with E-state index in [1.807, 2.05) is 42.5 Å². The van der Waals surface area contributed by atoms with Gasteiger partial charge in [0.1, 0.15) is 29.8 Å². The maximum atomic E-state index is 9.14. The van der Waals surface area contributed by atoms with Gasteiger partial charge in [-0.15, -0.1) is 0 Å². The highest BCUT2D eigenvalue weighted by molar-refractivity contribution is 5.67. The van der Waals surface area contributed by atoms with Gasteiger partial charge in [0.15, 0.2) is 0 Å². The van der Waals surface area contributed by atoms with Crippen LogP contribution >= 0.6 is 0 Å². The summed E-state index contributed by atoms with van der Waals surface area (Å²) in [5.41, 5.74) is 2.15. The average Bonchev–Trinajstić information content (AvgIpc) is 2.63. The van der Waals surface area contributed by atoms with Gasteiger partial charge in [-0.25, -0.2) is 9.97 Å². The first-order valence-electron chi connectivity index (χ1n) is 7.28. The second kappa shape index (κ2) is 7.11. The number of aromatic nitrogens is 2. The molecule has 0 spiro atoms. The van der Waals surface area contributed by atoms with Gasteiger partial charge >= 0.3 is 0 Å². The Morgan fingerprint density at radius 2 is 1.67 bits per heavy atom. The second-order valence-electron chi connectivity index (χ2n) is 4.92. The molecule has 0 amide bonds. The monoisotopic (exact) mass is 317 g/mol. The first kappa shape index (κ1) is 15.3. The van der Waals surface area contributed by atoms with Crippen molar-refractivity contribution in [3.8, 4) is 11.8 Å². The number of nitrogens with zero attached hydrogens (tertiary/aromatic N) is 3. The van der Waals surface area contributed by atoms with Crippen molar-refractivity contribution in [2.75, 3.05) is 17.7 Å². The van der Waals surface area contributed by atoms with Crippen LogP contribution in [-0.2, 0) is 0 Å². The zero-order chi connectivity index (χ0) is 16.8. The molecule has 0 fully saturated rings. The highest BCUT2D eigenvalue weighted by Gasteiger charge is 2.04. The number of methoxy groups -OCH3 is 1. The number of benzene rings is 2. The van der Waals surface area contributed by atoms with Gasteiger partial charge in [0.25, 0.3) is 0 Å². The quantitative estimate of drug-likeness (QED) is 0.744. The summed E-state index contributed by atoms with van der Waals surface area (Å²) in [5.74, 6) is 2.04. The topological polar surface area (TPSA) is 82.9 Å². The minimum Gasteiger partial charge on any atom is -0.497 e. The van der Waals surface area contributed by atoms with E-state index in [0.717, 1.165) is 11.4 Å². The van der Waals surface area contributed by atoms with E-state index >= 15 is 0 Å². The van der Waals surface area contributed by atoms with Crippen LogP contribution < -0.4 is 15.4 Å². The Morgan fingerprint density at radius 1 is 0.958 bits per heavy atom. The fourth-order valence-electron chi connectivity index (χ4n) is 2.14. The molecule has 3 aromatic rings. The van der Waals surface area contributed by atoms with Crippen LogP contribution in [0.3, 0.4) is 0 Å². The Hall–Kier alpha value is -3.59. The molecule has 0 aliphatic carbocycles. The Bertz CT molecular complexity index is 871. The van der Waals surface area contributed by atoms with Gasteiger partial charge in [-0.2, -0.15) is 5.26 Å². The van der Waals surface area contributed by atoms with Gasteiger partial charge in [0.2, 0.25) is 0 Å². The molecule has 0 unspecified atom stereocenters. The maximum absolute atomic E-state index is 9.14. The molecule has 0 atom stereocenters. The van der Waals surface area contributed by atoms with Crippen molar-refractivity contribution in [1.82, 2.24) is 9.97 Å². The highest BCUT2D eigenvalue weighted by Crippen LogP contribution is 2.22. The fourth-order valence-corrected chi connectivity index (χ4v) is 2.14. The summed E-state index contributed by atoms with van der Waals surface area (Å²) in [5, 5.41) is 15.5. The summed E-state index contributed by atoms with van der Waals surface area (Å²) in [6.07, 6.45) is 1.46. The molecule has 0 aliphatic rings. The standard InChI is InChI=1S/C18H15N5O/c1-24-15-8-6-14(7-9-15)22-17-10-18(21-12-20-17)23-16-5-3-2-4-13(16)11-19/h2-10,12H,1H3,(H2,20,21,22,23). The summed E-state index contributed by atoms with van der Waals surface area (Å²) in [4.78, 5) is 8.39. The van der Waals surface area contributed by atoms with Gasteiger partial charge < -0.3 is 15.4 Å². The third-order valence-electron chi connectivity index (χ3n) is 3.34. The van der Waals surface area contributed by atoms with Crippen LogP contribution in [-0.4, -0.2) is 17.1 Å². The van der Waals surface area contributed by atoms with Gasteiger partial charge in [0.05, 0.1) is 18.4 Å². The predicted octanol–water partition coefficient (Wildman–Crippen LogP) is 3.84. The Kier molecular flexibility index (Phi) is 4.54. The molecule has 1 heterocycles. The number of anilines is 4. The number of nitrogens with one attached hydrogen (secondary N) is 2. The lowest BCUT2D eigenvalue weighted by Gasteiger charge is -2.10. The summed E-state index contributed by atoms with van der Waals surface area (Å²) in [6.45, 7) is 0. The molecule has 0 aliphatic heterocycles. The molecule has 0 saturated carbocycles. The van der Waals surface area contributed by atoms with Crippen molar-refractivity contribution in [1.29, 1.82) is 5.26 Å². The van der Waals surface area contributed by atoms with E-state index in [-0.39, 0.29) is 0 Å². The lowest BCUT2D eigenvalue weighted by molar-refractivity contribution is 0.415. The van der Waals surface area contributed by atoms with Gasteiger partial charge in [-0.05, 0) is 36.4 Å². The van der Waals surface area contributed by atoms with Crippen molar-refractivity contribution in [2.24, 2.45) is 0 Å². The minimum absolute atomic E-state index is 0.556. The first-order chi connectivity index (χ1) is 11.8. The third kappa shape index (κ3) is 3.59. The van der Waals surface area contributed by atoms with Crippen LogP contribution in [0, 0.1) is 11.3 Å². The maximum Gasteiger partial charge on any atom is 0.135 e. The largest absolute Gasteiger partial charge is 0.497 e. The van der Waals surface area contributed by atoms with Crippen LogP contribution in [0.2, 0.25) is 0 Å². The summed E-state index contributed by atoms with van der Waals surface area (Å²) < 4.78 is 5.14. The number of hydrogen-bond donors (Lipinski definition) is 2. The lowest BCUT2D eigenvalue weighted by Crippen LogP contribution is -1.99. The molecule has 2 aromatic carbocycles. The molecule has 2 N–H and O–H groups in total. The van der Waals surface area contributed by atoms with Crippen LogP contribution in [0.25, 0.3) is 0 Å². The molecule has 118 valence electrons. The van der Waals surface area contributed by atoms with E-state index in [0.29, 0.717) is 22.9 Å². The molecule has 6 nitrogen and oxygen atoms in total. The lowest BCUT2D eigenvalue weighted by atomic mass is 10.2. The molecule has 0 saturated heterocycles. The van der Waals surface area contributed by atoms with Crippen molar-refractivity contribution in [2.45, 2.75) is 0 Å². The molecule has 24 heavy (non-hydrogen) atoms. The van der Waals surface area contributed by atoms with Crippen molar-refractivity contribution < 1.29 is 4.74 Å². The zero-order valence-electron chi connectivity index (χ0n) is 13.0. The number of hydrogen-bond acceptors (Lipinski definition) is 6. The molecule has 1 aromatic heterocycles. The summed E-state index contributed by atoms with van der Waals surface area (Å²) in [7, 11) is 1.63. The van der Waals surface area contributed by atoms with Crippen molar-refractivity contribution >= 4 is 23.0 Å². The Labute approximate surface area is 139 Å². The van der Waals surface area contributed by atoms with Crippen LogP contribution in [0.1, 0.15) is 5.56 Å². The van der Waals surface area contributed by atoms with E-state index < -0.39 is 0 Å². The number of para-hydroxylation sites is 1. The fraction of sp³-hybridized carbons (Fsp3) is 0.0556. The molecular formula is C18H15N5O. The highest BCUT2D eigenvalue weighted by atomic mass is 16.5. The predicted molar refractivity (Wildman–Crippen MR) is 92.7 cm³/mol. The summed E-state index contributed by atoms with van der Waals surface area (Å²) in [6, 6.07) is 18.7.